The molecule has 0 heterocycles. The summed E-state index contributed by atoms with van der Waals surface area (Å²) in [5.74, 6) is -2.60. The van der Waals surface area contributed by atoms with Crippen LogP contribution in [0.3, 0.4) is 0 Å². The van der Waals surface area contributed by atoms with Crippen molar-refractivity contribution in [3.8, 4) is 5.75 Å². The van der Waals surface area contributed by atoms with Gasteiger partial charge in [0.2, 0.25) is 0 Å². The maximum absolute atomic E-state index is 12.5. The van der Waals surface area contributed by atoms with Crippen molar-refractivity contribution in [1.29, 1.82) is 0 Å². The van der Waals surface area contributed by atoms with E-state index in [-0.39, 0.29) is 5.75 Å². The molecule has 14 heavy (non-hydrogen) atoms. The summed E-state index contributed by atoms with van der Waals surface area (Å²) in [6.07, 6.45) is 0. The molecule has 78 valence electrons. The van der Waals surface area contributed by atoms with E-state index in [0.29, 0.717) is 5.02 Å². The Balaban J connectivity index is 2.72. The van der Waals surface area contributed by atoms with Crippen molar-refractivity contribution < 1.29 is 13.5 Å². The van der Waals surface area contributed by atoms with E-state index in [4.69, 9.17) is 16.3 Å². The smallest absolute Gasteiger partial charge is 0.278 e. The predicted octanol–water partition coefficient (Wildman–Crippen LogP) is 4.14. The van der Waals surface area contributed by atoms with E-state index in [2.05, 4.69) is 15.9 Å². The van der Waals surface area contributed by atoms with Crippen LogP contribution < -0.4 is 4.74 Å². The number of ether oxygens (including phenoxy) is 1. The number of hydrogen-bond donors (Lipinski definition) is 0. The summed E-state index contributed by atoms with van der Waals surface area (Å²) in [4.78, 5) is 0. The first-order chi connectivity index (χ1) is 6.38. The second-order valence-corrected chi connectivity index (χ2v) is 4.26. The summed E-state index contributed by atoms with van der Waals surface area (Å²) in [5.41, 5.74) is 0. The van der Waals surface area contributed by atoms with E-state index in [1.807, 2.05) is 0 Å². The van der Waals surface area contributed by atoms with Crippen molar-refractivity contribution in [2.45, 2.75) is 12.8 Å². The topological polar surface area (TPSA) is 9.23 Å². The minimum Gasteiger partial charge on any atom is -0.486 e. The number of halogens is 4. The van der Waals surface area contributed by atoms with Gasteiger partial charge >= 0.3 is 0 Å². The summed E-state index contributed by atoms with van der Waals surface area (Å²) >= 11 is 8.92. The van der Waals surface area contributed by atoms with E-state index in [0.717, 1.165) is 11.4 Å². The fraction of sp³-hybridized carbons (Fsp3) is 0.333. The molecule has 1 aromatic carbocycles. The lowest BCUT2D eigenvalue weighted by Crippen LogP contribution is -2.20. The van der Waals surface area contributed by atoms with Gasteiger partial charge in [-0.15, -0.1) is 0 Å². The van der Waals surface area contributed by atoms with Gasteiger partial charge in [0.05, 0.1) is 5.02 Å². The van der Waals surface area contributed by atoms with E-state index < -0.39 is 12.5 Å². The lowest BCUT2D eigenvalue weighted by molar-refractivity contribution is -0.0229. The van der Waals surface area contributed by atoms with Gasteiger partial charge in [0, 0.05) is 11.4 Å². The molecule has 0 aliphatic rings. The summed E-state index contributed by atoms with van der Waals surface area (Å²) < 4.78 is 30.5. The molecule has 0 spiro atoms. The van der Waals surface area contributed by atoms with Crippen LogP contribution in [0.2, 0.25) is 5.02 Å². The molecule has 0 atom stereocenters. The van der Waals surface area contributed by atoms with E-state index >= 15 is 0 Å². The molecule has 0 radical (unpaired) electrons. The Labute approximate surface area is 94.1 Å². The van der Waals surface area contributed by atoms with Crippen molar-refractivity contribution in [3.05, 3.63) is 27.7 Å². The van der Waals surface area contributed by atoms with Crippen LogP contribution in [-0.2, 0) is 0 Å². The van der Waals surface area contributed by atoms with Gasteiger partial charge in [0.1, 0.15) is 5.75 Å². The highest BCUT2D eigenvalue weighted by Gasteiger charge is 2.22. The molecule has 0 saturated carbocycles. The Morgan fingerprint density at radius 2 is 2.14 bits per heavy atom. The number of alkyl halides is 2. The van der Waals surface area contributed by atoms with Gasteiger partial charge in [-0.3, -0.25) is 0 Å². The summed E-state index contributed by atoms with van der Waals surface area (Å²) in [6.45, 7) is 0.113. The number of benzene rings is 1. The number of hydrogen-bond acceptors (Lipinski definition) is 1. The van der Waals surface area contributed by atoms with Crippen molar-refractivity contribution in [2.75, 3.05) is 6.61 Å². The van der Waals surface area contributed by atoms with Gasteiger partial charge in [-0.1, -0.05) is 27.5 Å². The average molecular weight is 286 g/mol. The minimum atomic E-state index is -2.86. The van der Waals surface area contributed by atoms with Crippen LogP contribution in [0.25, 0.3) is 0 Å². The second kappa shape index (κ2) is 4.45. The Kier molecular flexibility index (Phi) is 3.72. The Hall–Kier alpha value is -0.350. The average Bonchev–Trinajstić information content (AvgIpc) is 2.05. The van der Waals surface area contributed by atoms with Crippen LogP contribution in [0.4, 0.5) is 8.78 Å². The first-order valence-corrected chi connectivity index (χ1v) is 5.01. The maximum atomic E-state index is 12.5. The minimum absolute atomic E-state index is 0.252. The summed E-state index contributed by atoms with van der Waals surface area (Å²) in [5, 5.41) is 0.317. The molecule has 0 fully saturated rings. The van der Waals surface area contributed by atoms with Crippen molar-refractivity contribution >= 4 is 27.5 Å². The standard InChI is InChI=1S/C9H8BrClF2O/c1-9(12,13)5-14-8-4-6(10)2-3-7(8)11/h2-4H,5H2,1H3. The van der Waals surface area contributed by atoms with Crippen LogP contribution >= 0.6 is 27.5 Å². The van der Waals surface area contributed by atoms with Crippen LogP contribution in [-0.4, -0.2) is 12.5 Å². The molecule has 0 aliphatic heterocycles. The highest BCUT2D eigenvalue weighted by molar-refractivity contribution is 9.10. The van der Waals surface area contributed by atoms with E-state index in [1.165, 1.54) is 0 Å². The molecule has 1 aromatic rings. The fourth-order valence-corrected chi connectivity index (χ4v) is 1.30. The third kappa shape index (κ3) is 3.80. The van der Waals surface area contributed by atoms with E-state index in [1.54, 1.807) is 18.2 Å². The van der Waals surface area contributed by atoms with Crippen molar-refractivity contribution in [3.63, 3.8) is 0 Å². The molecule has 0 bridgehead atoms. The molecule has 0 aliphatic carbocycles. The fourth-order valence-electron chi connectivity index (χ4n) is 0.792. The number of rotatable bonds is 3. The quantitative estimate of drug-likeness (QED) is 0.811. The molecule has 0 N–H and O–H groups in total. The van der Waals surface area contributed by atoms with Crippen molar-refractivity contribution in [2.24, 2.45) is 0 Å². The molecule has 0 saturated heterocycles. The third-order valence-electron chi connectivity index (χ3n) is 1.37. The first-order valence-electron chi connectivity index (χ1n) is 3.84. The molecular weight excluding hydrogens is 277 g/mol. The van der Waals surface area contributed by atoms with Gasteiger partial charge in [0.25, 0.3) is 5.92 Å². The zero-order valence-electron chi connectivity index (χ0n) is 7.36. The van der Waals surface area contributed by atoms with Gasteiger partial charge in [-0.05, 0) is 18.2 Å². The highest BCUT2D eigenvalue weighted by atomic mass is 79.9. The lowest BCUT2D eigenvalue weighted by atomic mass is 10.3. The van der Waals surface area contributed by atoms with Crippen molar-refractivity contribution in [1.82, 2.24) is 0 Å². The van der Waals surface area contributed by atoms with Crippen LogP contribution in [0.15, 0.2) is 22.7 Å². The van der Waals surface area contributed by atoms with Crippen LogP contribution in [0.1, 0.15) is 6.92 Å². The predicted molar refractivity (Wildman–Crippen MR) is 55.3 cm³/mol. The molecule has 0 aromatic heterocycles. The summed E-state index contributed by atoms with van der Waals surface area (Å²) in [7, 11) is 0. The molecule has 5 heteroatoms. The third-order valence-corrected chi connectivity index (χ3v) is 2.18. The van der Waals surface area contributed by atoms with Crippen LogP contribution in [0, 0.1) is 0 Å². The normalized spacial score (nSPS) is 11.5. The van der Waals surface area contributed by atoms with Gasteiger partial charge in [0.15, 0.2) is 6.61 Å². The van der Waals surface area contributed by atoms with E-state index in [9.17, 15) is 8.78 Å². The van der Waals surface area contributed by atoms with Gasteiger partial charge in [-0.25, -0.2) is 8.78 Å². The monoisotopic (exact) mass is 284 g/mol. The zero-order chi connectivity index (χ0) is 10.8. The lowest BCUT2D eigenvalue weighted by Gasteiger charge is -2.13. The Morgan fingerprint density at radius 3 is 2.71 bits per heavy atom. The van der Waals surface area contributed by atoms with Crippen LogP contribution in [0.5, 0.6) is 5.75 Å². The van der Waals surface area contributed by atoms with Gasteiger partial charge in [-0.2, -0.15) is 0 Å². The molecular formula is C9H8BrClF2O. The molecule has 0 amide bonds. The summed E-state index contributed by atoms with van der Waals surface area (Å²) in [6, 6.07) is 4.84. The van der Waals surface area contributed by atoms with Gasteiger partial charge < -0.3 is 4.74 Å². The molecule has 0 unspecified atom stereocenters. The molecule has 1 nitrogen and oxygen atoms in total. The maximum Gasteiger partial charge on any atom is 0.278 e. The Bertz CT molecular complexity index is 325. The zero-order valence-corrected chi connectivity index (χ0v) is 9.70. The largest absolute Gasteiger partial charge is 0.486 e. The SMILES string of the molecule is CC(F)(F)COc1cc(Br)ccc1Cl. The second-order valence-electron chi connectivity index (χ2n) is 2.93. The first kappa shape index (κ1) is 11.7. The highest BCUT2D eigenvalue weighted by Crippen LogP contribution is 2.29. The Morgan fingerprint density at radius 1 is 1.50 bits per heavy atom. The molecule has 1 rings (SSSR count).